The van der Waals surface area contributed by atoms with E-state index in [0.717, 1.165) is 5.56 Å². The maximum atomic E-state index is 14.4. The molecule has 1 unspecified atom stereocenters. The number of benzene rings is 2. The van der Waals surface area contributed by atoms with Crippen molar-refractivity contribution in [2.45, 2.75) is 31.4 Å². The number of alkyl halides is 2. The molecule has 0 bridgehead atoms. The van der Waals surface area contributed by atoms with E-state index >= 15 is 0 Å². The number of carbonyl (C=O) groups excluding carboxylic acids is 1. The van der Waals surface area contributed by atoms with Gasteiger partial charge in [-0.2, -0.15) is 0 Å². The zero-order valence-corrected chi connectivity index (χ0v) is 17.9. The van der Waals surface area contributed by atoms with Gasteiger partial charge < -0.3 is 18.9 Å². The molecule has 1 aliphatic rings. The largest absolute Gasteiger partial charge is 0.497 e. The highest BCUT2D eigenvalue weighted by Crippen LogP contribution is 2.41. The third kappa shape index (κ3) is 4.71. The summed E-state index contributed by atoms with van der Waals surface area (Å²) in [6, 6.07) is 13.8. The molecule has 0 aliphatic carbocycles. The smallest absolute Gasteiger partial charge is 0.267 e. The molecule has 7 nitrogen and oxygen atoms in total. The van der Waals surface area contributed by atoms with Gasteiger partial charge in [-0.05, 0) is 23.3 Å². The van der Waals surface area contributed by atoms with Crippen molar-refractivity contribution in [2.24, 2.45) is 0 Å². The van der Waals surface area contributed by atoms with Gasteiger partial charge in [-0.25, -0.2) is 8.78 Å². The number of ether oxygens (including phenoxy) is 2. The zero-order valence-electron chi connectivity index (χ0n) is 17.9. The Hall–Kier alpha value is -3.49. The van der Waals surface area contributed by atoms with Crippen LogP contribution in [0.1, 0.15) is 29.4 Å². The van der Waals surface area contributed by atoms with E-state index in [2.05, 4.69) is 10.2 Å². The minimum Gasteiger partial charge on any atom is -0.497 e. The number of rotatable bonds is 7. The lowest BCUT2D eigenvalue weighted by molar-refractivity contribution is -0.132. The second kappa shape index (κ2) is 8.94. The summed E-state index contributed by atoms with van der Waals surface area (Å²) >= 11 is 0. The van der Waals surface area contributed by atoms with Crippen LogP contribution in [0.5, 0.6) is 11.5 Å². The number of halogens is 2. The summed E-state index contributed by atoms with van der Waals surface area (Å²) in [4.78, 5) is 14.3. The van der Waals surface area contributed by atoms with Gasteiger partial charge in [0.25, 0.3) is 5.92 Å². The predicted molar refractivity (Wildman–Crippen MR) is 113 cm³/mol. The molecule has 0 spiro atoms. The van der Waals surface area contributed by atoms with Gasteiger partial charge >= 0.3 is 0 Å². The Labute approximate surface area is 184 Å². The van der Waals surface area contributed by atoms with E-state index in [1.54, 1.807) is 22.8 Å². The molecule has 168 valence electrons. The van der Waals surface area contributed by atoms with Crippen LogP contribution in [0.3, 0.4) is 0 Å². The number of hydrogen-bond donors (Lipinski definition) is 0. The van der Waals surface area contributed by atoms with E-state index in [1.165, 1.54) is 25.4 Å². The Bertz CT molecular complexity index is 1070. The highest BCUT2D eigenvalue weighted by atomic mass is 19.3. The van der Waals surface area contributed by atoms with Gasteiger partial charge in [0, 0.05) is 12.5 Å². The first-order valence-electron chi connectivity index (χ1n) is 10.2. The lowest BCUT2D eigenvalue weighted by atomic mass is 10.1. The summed E-state index contributed by atoms with van der Waals surface area (Å²) in [5.41, 5.74) is 1.60. The van der Waals surface area contributed by atoms with Crippen LogP contribution in [-0.2, 0) is 17.8 Å². The van der Waals surface area contributed by atoms with Gasteiger partial charge in [0.1, 0.15) is 17.8 Å². The number of aromatic nitrogens is 3. The summed E-state index contributed by atoms with van der Waals surface area (Å²) in [6.45, 7) is -0.226. The van der Waals surface area contributed by atoms with Crippen LogP contribution < -0.4 is 9.47 Å². The van der Waals surface area contributed by atoms with Crippen LogP contribution in [-0.4, -0.2) is 52.3 Å². The van der Waals surface area contributed by atoms with Crippen molar-refractivity contribution in [3.8, 4) is 11.5 Å². The van der Waals surface area contributed by atoms with Crippen molar-refractivity contribution in [3.05, 3.63) is 71.8 Å². The molecule has 1 amide bonds. The van der Waals surface area contributed by atoms with Gasteiger partial charge in [0.05, 0.1) is 39.8 Å². The molecule has 1 aromatic heterocycles. The Balaban J connectivity index is 1.59. The molecule has 1 fully saturated rings. The first-order chi connectivity index (χ1) is 15.4. The summed E-state index contributed by atoms with van der Waals surface area (Å²) < 4.78 is 41.1. The Morgan fingerprint density at radius 3 is 2.44 bits per heavy atom. The fraction of sp³-hybridized carbons (Fsp3) is 0.348. The molecule has 3 aromatic rings. The molecule has 1 atom stereocenters. The van der Waals surface area contributed by atoms with E-state index in [-0.39, 0.29) is 6.42 Å². The monoisotopic (exact) mass is 442 g/mol. The van der Waals surface area contributed by atoms with Crippen LogP contribution in [0.4, 0.5) is 8.78 Å². The lowest BCUT2D eigenvalue weighted by Crippen LogP contribution is -2.35. The third-order valence-corrected chi connectivity index (χ3v) is 5.50. The Morgan fingerprint density at radius 1 is 1.09 bits per heavy atom. The fourth-order valence-corrected chi connectivity index (χ4v) is 3.98. The summed E-state index contributed by atoms with van der Waals surface area (Å²) in [7, 11) is 3.02. The Morgan fingerprint density at radius 2 is 1.78 bits per heavy atom. The molecule has 2 heterocycles. The van der Waals surface area contributed by atoms with Crippen LogP contribution >= 0.6 is 0 Å². The van der Waals surface area contributed by atoms with Crippen molar-refractivity contribution < 1.29 is 23.0 Å². The molecule has 1 saturated heterocycles. The number of carbonyl (C=O) groups is 1. The van der Waals surface area contributed by atoms with Crippen LogP contribution in [0.25, 0.3) is 0 Å². The zero-order chi connectivity index (χ0) is 22.7. The first kappa shape index (κ1) is 21.7. The normalized spacial score (nSPS) is 17.4. The summed E-state index contributed by atoms with van der Waals surface area (Å²) in [5.74, 6) is -2.02. The second-order valence-corrected chi connectivity index (χ2v) is 7.80. The number of likely N-dealkylation sites (tertiary alicyclic amines) is 1. The SMILES string of the molecule is COc1cc(CC(=O)N2CC(F)(F)CC2c2nncn2Cc2ccccc2)cc(OC)c1. The molecular formula is C23H24F2N4O3. The van der Waals surface area contributed by atoms with E-state index in [9.17, 15) is 13.6 Å². The van der Waals surface area contributed by atoms with Crippen molar-refractivity contribution in [1.82, 2.24) is 19.7 Å². The molecule has 32 heavy (non-hydrogen) atoms. The van der Waals surface area contributed by atoms with E-state index < -0.39 is 30.8 Å². The molecule has 1 aliphatic heterocycles. The number of amides is 1. The van der Waals surface area contributed by atoms with Gasteiger partial charge in [0.15, 0.2) is 5.82 Å². The van der Waals surface area contributed by atoms with Gasteiger partial charge in [-0.3, -0.25) is 4.79 Å². The molecule has 0 N–H and O–H groups in total. The highest BCUT2D eigenvalue weighted by Gasteiger charge is 2.49. The van der Waals surface area contributed by atoms with Crippen molar-refractivity contribution >= 4 is 5.91 Å². The third-order valence-electron chi connectivity index (χ3n) is 5.50. The van der Waals surface area contributed by atoms with E-state index in [4.69, 9.17) is 9.47 Å². The summed E-state index contributed by atoms with van der Waals surface area (Å²) in [5, 5.41) is 8.03. The second-order valence-electron chi connectivity index (χ2n) is 7.80. The van der Waals surface area contributed by atoms with Crippen LogP contribution in [0, 0.1) is 0 Å². The molecule has 9 heteroatoms. The van der Waals surface area contributed by atoms with Crippen LogP contribution in [0.2, 0.25) is 0 Å². The number of methoxy groups -OCH3 is 2. The molecule has 2 aromatic carbocycles. The molecule has 0 saturated carbocycles. The molecule has 4 rings (SSSR count). The molecular weight excluding hydrogens is 418 g/mol. The average molecular weight is 442 g/mol. The maximum Gasteiger partial charge on any atom is 0.267 e. The minimum absolute atomic E-state index is 0.0625. The minimum atomic E-state index is -3.00. The predicted octanol–water partition coefficient (Wildman–Crippen LogP) is 3.50. The van der Waals surface area contributed by atoms with Crippen molar-refractivity contribution in [2.75, 3.05) is 20.8 Å². The van der Waals surface area contributed by atoms with Crippen molar-refractivity contribution in [1.29, 1.82) is 0 Å². The maximum absolute atomic E-state index is 14.4. The van der Waals surface area contributed by atoms with Gasteiger partial charge in [-0.15, -0.1) is 10.2 Å². The quantitative estimate of drug-likeness (QED) is 0.560. The van der Waals surface area contributed by atoms with E-state index in [1.807, 2.05) is 30.3 Å². The number of hydrogen-bond acceptors (Lipinski definition) is 5. The van der Waals surface area contributed by atoms with Crippen molar-refractivity contribution in [3.63, 3.8) is 0 Å². The van der Waals surface area contributed by atoms with E-state index in [0.29, 0.717) is 29.4 Å². The standard InChI is InChI=1S/C23H24F2N4O3/c1-31-18-8-17(9-19(11-18)32-2)10-21(30)29-14-23(24,25)12-20(29)22-27-26-15-28(22)13-16-6-4-3-5-7-16/h3-9,11,15,20H,10,12-14H2,1-2H3. The van der Waals surface area contributed by atoms with Crippen LogP contribution in [0.15, 0.2) is 54.9 Å². The number of nitrogens with zero attached hydrogens (tertiary/aromatic N) is 4. The average Bonchev–Trinajstić information content (AvgIpc) is 3.37. The first-order valence-corrected chi connectivity index (χ1v) is 10.2. The van der Waals surface area contributed by atoms with Gasteiger partial charge in [-0.1, -0.05) is 30.3 Å². The highest BCUT2D eigenvalue weighted by molar-refractivity contribution is 5.80. The topological polar surface area (TPSA) is 69.5 Å². The Kier molecular flexibility index (Phi) is 6.07. The fourth-order valence-electron chi connectivity index (χ4n) is 3.98. The van der Waals surface area contributed by atoms with Gasteiger partial charge in [0.2, 0.25) is 5.91 Å². The lowest BCUT2D eigenvalue weighted by Gasteiger charge is -2.24. The summed E-state index contributed by atoms with van der Waals surface area (Å²) in [6.07, 6.45) is 0.953. The molecule has 0 radical (unpaired) electrons.